The van der Waals surface area contributed by atoms with E-state index in [1.807, 2.05) is 48.2 Å². The molecule has 1 N–H and O–H groups in total. The van der Waals surface area contributed by atoms with Crippen LogP contribution >= 0.6 is 11.8 Å². The first-order valence-electron chi connectivity index (χ1n) is 8.23. The smallest absolute Gasteiger partial charge is 0.224 e. The van der Waals surface area contributed by atoms with E-state index in [0.717, 1.165) is 24.3 Å². The molecule has 0 saturated carbocycles. The van der Waals surface area contributed by atoms with Crippen LogP contribution in [0.4, 0.5) is 0 Å². The topological polar surface area (TPSA) is 29.1 Å². The molecule has 24 heavy (non-hydrogen) atoms. The summed E-state index contributed by atoms with van der Waals surface area (Å²) in [5.41, 5.74) is 1.06. The number of benzene rings is 3. The number of fused-ring (bicyclic) bond motifs is 1. The van der Waals surface area contributed by atoms with Crippen LogP contribution in [0.2, 0.25) is 0 Å². The van der Waals surface area contributed by atoms with Crippen LogP contribution < -0.4 is 5.32 Å². The normalized spacial score (nSPS) is 10.7. The summed E-state index contributed by atoms with van der Waals surface area (Å²) in [6.45, 7) is 0.728. The quantitative estimate of drug-likeness (QED) is 0.502. The van der Waals surface area contributed by atoms with Gasteiger partial charge in [-0.2, -0.15) is 0 Å². The number of amides is 1. The fraction of sp³-hybridized carbons (Fsp3) is 0.190. The van der Waals surface area contributed by atoms with Gasteiger partial charge in [-0.15, -0.1) is 11.8 Å². The summed E-state index contributed by atoms with van der Waals surface area (Å²) in [6.07, 6.45) is 1.42. The van der Waals surface area contributed by atoms with Crippen molar-refractivity contribution in [3.05, 3.63) is 78.4 Å². The van der Waals surface area contributed by atoms with Crippen molar-refractivity contribution in [2.75, 3.05) is 12.3 Å². The summed E-state index contributed by atoms with van der Waals surface area (Å²) >= 11 is 1.83. The molecule has 3 aromatic carbocycles. The summed E-state index contributed by atoms with van der Waals surface area (Å²) in [4.78, 5) is 13.3. The molecule has 0 saturated heterocycles. The van der Waals surface area contributed by atoms with Crippen LogP contribution in [0.1, 0.15) is 12.0 Å². The first kappa shape index (κ1) is 16.6. The molecule has 0 spiro atoms. The molecule has 0 aliphatic heterocycles. The number of nitrogens with one attached hydrogen (secondary N) is 1. The summed E-state index contributed by atoms with van der Waals surface area (Å²) in [5.74, 6) is 1.11. The first-order valence-corrected chi connectivity index (χ1v) is 9.22. The Bertz CT molecular complexity index is 801. The van der Waals surface area contributed by atoms with Gasteiger partial charge in [0, 0.05) is 11.4 Å². The van der Waals surface area contributed by atoms with Gasteiger partial charge in [0.15, 0.2) is 0 Å². The Kier molecular flexibility index (Phi) is 5.91. The predicted octanol–water partition coefficient (Wildman–Crippen LogP) is 4.68. The Morgan fingerprint density at radius 3 is 2.46 bits per heavy atom. The molecule has 0 heterocycles. The highest BCUT2D eigenvalue weighted by Gasteiger charge is 2.04. The number of rotatable bonds is 7. The van der Waals surface area contributed by atoms with Gasteiger partial charge in [-0.3, -0.25) is 4.79 Å². The van der Waals surface area contributed by atoms with Crippen molar-refractivity contribution in [2.24, 2.45) is 0 Å². The molecule has 1 amide bonds. The van der Waals surface area contributed by atoms with Crippen LogP contribution in [0.3, 0.4) is 0 Å². The molecule has 0 atom stereocenters. The molecule has 0 radical (unpaired) electrons. The number of carbonyl (C=O) groups is 1. The van der Waals surface area contributed by atoms with Crippen LogP contribution in [0.25, 0.3) is 10.8 Å². The van der Waals surface area contributed by atoms with E-state index in [2.05, 4.69) is 41.7 Å². The van der Waals surface area contributed by atoms with Gasteiger partial charge >= 0.3 is 0 Å². The van der Waals surface area contributed by atoms with Gasteiger partial charge < -0.3 is 5.32 Å². The second-order valence-corrected chi connectivity index (χ2v) is 6.89. The fourth-order valence-corrected chi connectivity index (χ4v) is 3.48. The SMILES string of the molecule is O=C(Cc1ccc2ccccc2c1)NCCCSc1ccccc1. The Morgan fingerprint density at radius 2 is 1.62 bits per heavy atom. The lowest BCUT2D eigenvalue weighted by Gasteiger charge is -2.06. The zero-order valence-electron chi connectivity index (χ0n) is 13.6. The van der Waals surface area contributed by atoms with E-state index in [4.69, 9.17) is 0 Å². The van der Waals surface area contributed by atoms with Gasteiger partial charge in [0.05, 0.1) is 6.42 Å². The molecular formula is C21H21NOS. The van der Waals surface area contributed by atoms with Crippen LogP contribution in [0, 0.1) is 0 Å². The maximum absolute atomic E-state index is 12.1. The third-order valence-electron chi connectivity index (χ3n) is 3.83. The lowest BCUT2D eigenvalue weighted by atomic mass is 10.0. The van der Waals surface area contributed by atoms with E-state index in [9.17, 15) is 4.79 Å². The monoisotopic (exact) mass is 335 g/mol. The zero-order chi connectivity index (χ0) is 16.6. The van der Waals surface area contributed by atoms with Gasteiger partial charge in [-0.1, -0.05) is 60.7 Å². The van der Waals surface area contributed by atoms with Crippen molar-refractivity contribution in [3.8, 4) is 0 Å². The number of thioether (sulfide) groups is 1. The van der Waals surface area contributed by atoms with Gasteiger partial charge in [-0.05, 0) is 40.6 Å². The zero-order valence-corrected chi connectivity index (χ0v) is 14.4. The van der Waals surface area contributed by atoms with Crippen LogP contribution in [0.15, 0.2) is 77.7 Å². The molecule has 0 aliphatic rings. The Morgan fingerprint density at radius 1 is 0.875 bits per heavy atom. The molecule has 3 aromatic rings. The molecular weight excluding hydrogens is 314 g/mol. The van der Waals surface area contributed by atoms with Gasteiger partial charge in [0.25, 0.3) is 0 Å². The highest BCUT2D eigenvalue weighted by atomic mass is 32.2. The summed E-state index contributed by atoms with van der Waals surface area (Å²) in [5, 5.41) is 5.40. The molecule has 3 heteroatoms. The maximum Gasteiger partial charge on any atom is 0.224 e. The molecule has 0 bridgehead atoms. The molecule has 2 nitrogen and oxygen atoms in total. The number of hydrogen-bond donors (Lipinski definition) is 1. The van der Waals surface area contributed by atoms with E-state index >= 15 is 0 Å². The summed E-state index contributed by atoms with van der Waals surface area (Å²) < 4.78 is 0. The highest BCUT2D eigenvalue weighted by Crippen LogP contribution is 2.17. The number of carbonyl (C=O) groups excluding carboxylic acids is 1. The van der Waals surface area contributed by atoms with Crippen LogP contribution in [0.5, 0.6) is 0 Å². The molecule has 0 aromatic heterocycles. The standard InChI is InChI=1S/C21H21NOS/c23-21(22-13-6-14-24-20-9-2-1-3-10-20)16-17-11-12-18-7-4-5-8-19(18)15-17/h1-5,7-12,15H,6,13-14,16H2,(H,22,23). The van der Waals surface area contributed by atoms with E-state index in [1.165, 1.54) is 15.7 Å². The Labute approximate surface area is 147 Å². The van der Waals surface area contributed by atoms with Gasteiger partial charge in [0.2, 0.25) is 5.91 Å². The van der Waals surface area contributed by atoms with Crippen molar-refractivity contribution in [2.45, 2.75) is 17.7 Å². The molecule has 0 aliphatic carbocycles. The maximum atomic E-state index is 12.1. The fourth-order valence-electron chi connectivity index (χ4n) is 2.60. The predicted molar refractivity (Wildman–Crippen MR) is 102 cm³/mol. The van der Waals surface area contributed by atoms with E-state index in [1.54, 1.807) is 0 Å². The highest BCUT2D eigenvalue weighted by molar-refractivity contribution is 7.99. The van der Waals surface area contributed by atoms with Crippen LogP contribution in [-0.4, -0.2) is 18.2 Å². The van der Waals surface area contributed by atoms with E-state index < -0.39 is 0 Å². The van der Waals surface area contributed by atoms with Crippen molar-refractivity contribution >= 4 is 28.4 Å². The van der Waals surface area contributed by atoms with E-state index in [0.29, 0.717) is 6.42 Å². The average molecular weight is 335 g/mol. The van der Waals surface area contributed by atoms with Gasteiger partial charge in [-0.25, -0.2) is 0 Å². The van der Waals surface area contributed by atoms with Crippen LogP contribution in [-0.2, 0) is 11.2 Å². The van der Waals surface area contributed by atoms with Gasteiger partial charge in [0.1, 0.15) is 0 Å². The van der Waals surface area contributed by atoms with Crippen molar-refractivity contribution in [3.63, 3.8) is 0 Å². The minimum Gasteiger partial charge on any atom is -0.356 e. The minimum absolute atomic E-state index is 0.0926. The van der Waals surface area contributed by atoms with Crippen molar-refractivity contribution in [1.29, 1.82) is 0 Å². The third-order valence-corrected chi connectivity index (χ3v) is 4.93. The summed E-state index contributed by atoms with van der Waals surface area (Å²) in [7, 11) is 0. The second-order valence-electron chi connectivity index (χ2n) is 5.72. The largest absolute Gasteiger partial charge is 0.356 e. The molecule has 0 unspecified atom stereocenters. The average Bonchev–Trinajstić information content (AvgIpc) is 2.62. The molecule has 3 rings (SSSR count). The lowest BCUT2D eigenvalue weighted by molar-refractivity contribution is -0.120. The molecule has 122 valence electrons. The first-order chi connectivity index (χ1) is 11.8. The Balaban J connectivity index is 1.40. The second kappa shape index (κ2) is 8.55. The minimum atomic E-state index is 0.0926. The van der Waals surface area contributed by atoms with E-state index in [-0.39, 0.29) is 5.91 Å². The Hall–Kier alpha value is -2.26. The van der Waals surface area contributed by atoms with Crippen molar-refractivity contribution < 1.29 is 4.79 Å². The third kappa shape index (κ3) is 4.87. The van der Waals surface area contributed by atoms with Crippen molar-refractivity contribution in [1.82, 2.24) is 5.32 Å². The number of hydrogen-bond acceptors (Lipinski definition) is 2. The molecule has 0 fully saturated rings. The lowest BCUT2D eigenvalue weighted by Crippen LogP contribution is -2.26. The summed E-state index contributed by atoms with van der Waals surface area (Å²) in [6, 6.07) is 24.8.